The zero-order chi connectivity index (χ0) is 12.9. The van der Waals surface area contributed by atoms with E-state index >= 15 is 0 Å². The molecule has 0 aliphatic heterocycles. The van der Waals surface area contributed by atoms with E-state index in [1.807, 2.05) is 0 Å². The summed E-state index contributed by atoms with van der Waals surface area (Å²) in [6, 6.07) is 0.683. The van der Waals surface area contributed by atoms with Crippen LogP contribution in [0.5, 0.6) is 0 Å². The van der Waals surface area contributed by atoms with Crippen molar-refractivity contribution in [1.82, 2.24) is 4.90 Å². The quantitative estimate of drug-likeness (QED) is 0.771. The van der Waals surface area contributed by atoms with Gasteiger partial charge in [0.1, 0.15) is 0 Å². The van der Waals surface area contributed by atoms with Gasteiger partial charge in [0, 0.05) is 11.6 Å². The van der Waals surface area contributed by atoms with E-state index in [2.05, 4.69) is 32.7 Å². The van der Waals surface area contributed by atoms with Crippen molar-refractivity contribution in [1.29, 1.82) is 0 Å². The molecule has 102 valence electrons. The summed E-state index contributed by atoms with van der Waals surface area (Å²) in [5, 5.41) is 0. The molecule has 1 saturated carbocycles. The topological polar surface area (TPSA) is 29.3 Å². The molecule has 0 amide bonds. The Bertz CT molecular complexity index is 207. The first-order chi connectivity index (χ1) is 7.93. The number of hydrogen-bond donors (Lipinski definition) is 1. The first kappa shape index (κ1) is 15.0. The molecule has 2 N–H and O–H groups in total. The van der Waals surface area contributed by atoms with Crippen molar-refractivity contribution in [2.75, 3.05) is 13.6 Å². The SMILES string of the molecule is CC(C)CC(C)N(C)CCC1(N)CCCCC1. The average Bonchev–Trinajstić information content (AvgIpc) is 2.26. The summed E-state index contributed by atoms with van der Waals surface area (Å²) in [7, 11) is 2.25. The third kappa shape index (κ3) is 5.39. The van der Waals surface area contributed by atoms with Crippen molar-refractivity contribution in [3.05, 3.63) is 0 Å². The first-order valence-electron chi connectivity index (χ1n) is 7.42. The molecular weight excluding hydrogens is 208 g/mol. The van der Waals surface area contributed by atoms with E-state index in [0.29, 0.717) is 6.04 Å². The van der Waals surface area contributed by atoms with Crippen molar-refractivity contribution < 1.29 is 0 Å². The lowest BCUT2D eigenvalue weighted by Gasteiger charge is -2.36. The second kappa shape index (κ2) is 6.75. The molecule has 0 bridgehead atoms. The molecule has 1 fully saturated rings. The van der Waals surface area contributed by atoms with Crippen LogP contribution in [0.25, 0.3) is 0 Å². The van der Waals surface area contributed by atoms with Crippen molar-refractivity contribution in [3.8, 4) is 0 Å². The maximum absolute atomic E-state index is 6.48. The van der Waals surface area contributed by atoms with E-state index in [9.17, 15) is 0 Å². The smallest absolute Gasteiger partial charge is 0.0166 e. The fourth-order valence-corrected chi connectivity index (χ4v) is 2.99. The van der Waals surface area contributed by atoms with Gasteiger partial charge in [-0.05, 0) is 52.1 Å². The van der Waals surface area contributed by atoms with Crippen LogP contribution >= 0.6 is 0 Å². The fraction of sp³-hybridized carbons (Fsp3) is 1.00. The van der Waals surface area contributed by atoms with Crippen LogP contribution in [0.2, 0.25) is 0 Å². The predicted molar refractivity (Wildman–Crippen MR) is 76.2 cm³/mol. The summed E-state index contributed by atoms with van der Waals surface area (Å²) < 4.78 is 0. The Balaban J connectivity index is 2.28. The highest BCUT2D eigenvalue weighted by Gasteiger charge is 2.27. The van der Waals surface area contributed by atoms with Crippen LogP contribution in [0.4, 0.5) is 0 Å². The lowest BCUT2D eigenvalue weighted by Crippen LogP contribution is -2.45. The first-order valence-corrected chi connectivity index (χ1v) is 7.42. The predicted octanol–water partition coefficient (Wildman–Crippen LogP) is 3.40. The van der Waals surface area contributed by atoms with Crippen molar-refractivity contribution in [3.63, 3.8) is 0 Å². The summed E-state index contributed by atoms with van der Waals surface area (Å²) in [4.78, 5) is 2.49. The van der Waals surface area contributed by atoms with Gasteiger partial charge in [0.05, 0.1) is 0 Å². The van der Waals surface area contributed by atoms with E-state index < -0.39 is 0 Å². The Morgan fingerprint density at radius 3 is 2.24 bits per heavy atom. The van der Waals surface area contributed by atoms with Gasteiger partial charge in [-0.3, -0.25) is 0 Å². The zero-order valence-electron chi connectivity index (χ0n) is 12.3. The summed E-state index contributed by atoms with van der Waals surface area (Å²) in [6.07, 6.45) is 8.99. The molecular formula is C15H32N2. The maximum atomic E-state index is 6.48. The molecule has 0 saturated heterocycles. The Kier molecular flexibility index (Phi) is 5.94. The average molecular weight is 240 g/mol. The van der Waals surface area contributed by atoms with Gasteiger partial charge in [0.2, 0.25) is 0 Å². The van der Waals surface area contributed by atoms with Gasteiger partial charge in [-0.15, -0.1) is 0 Å². The molecule has 0 heterocycles. The highest BCUT2D eigenvalue weighted by molar-refractivity contribution is 4.88. The van der Waals surface area contributed by atoms with Gasteiger partial charge in [-0.2, -0.15) is 0 Å². The highest BCUT2D eigenvalue weighted by atomic mass is 15.1. The monoisotopic (exact) mass is 240 g/mol. The van der Waals surface area contributed by atoms with Crippen LogP contribution in [-0.4, -0.2) is 30.1 Å². The van der Waals surface area contributed by atoms with Gasteiger partial charge in [0.15, 0.2) is 0 Å². The fourth-order valence-electron chi connectivity index (χ4n) is 2.99. The molecule has 1 aliphatic rings. The second-order valence-electron chi connectivity index (χ2n) is 6.63. The molecule has 1 atom stereocenters. The van der Waals surface area contributed by atoms with Crippen molar-refractivity contribution in [2.24, 2.45) is 11.7 Å². The molecule has 1 rings (SSSR count). The van der Waals surface area contributed by atoms with Gasteiger partial charge in [-0.1, -0.05) is 33.1 Å². The van der Waals surface area contributed by atoms with Crippen molar-refractivity contribution >= 4 is 0 Å². The summed E-state index contributed by atoms with van der Waals surface area (Å²) in [5.41, 5.74) is 6.63. The Morgan fingerprint density at radius 1 is 1.12 bits per heavy atom. The minimum atomic E-state index is 0.143. The van der Waals surface area contributed by atoms with Gasteiger partial charge < -0.3 is 10.6 Å². The third-order valence-electron chi connectivity index (χ3n) is 4.38. The molecule has 1 unspecified atom stereocenters. The molecule has 0 aromatic heterocycles. The normalized spacial score (nSPS) is 22.1. The molecule has 0 aromatic rings. The van der Waals surface area contributed by atoms with Crippen LogP contribution in [0.3, 0.4) is 0 Å². The number of nitrogens with zero attached hydrogens (tertiary/aromatic N) is 1. The molecule has 0 spiro atoms. The number of rotatable bonds is 6. The number of nitrogens with two attached hydrogens (primary N) is 1. The minimum absolute atomic E-state index is 0.143. The highest BCUT2D eigenvalue weighted by Crippen LogP contribution is 2.29. The largest absolute Gasteiger partial charge is 0.325 e. The van der Waals surface area contributed by atoms with E-state index in [4.69, 9.17) is 5.73 Å². The molecule has 0 aromatic carbocycles. The van der Waals surface area contributed by atoms with E-state index in [1.165, 1.54) is 44.9 Å². The van der Waals surface area contributed by atoms with Gasteiger partial charge in [-0.25, -0.2) is 0 Å². The lowest BCUT2D eigenvalue weighted by molar-refractivity contribution is 0.186. The lowest BCUT2D eigenvalue weighted by atomic mass is 9.80. The Hall–Kier alpha value is -0.0800. The van der Waals surface area contributed by atoms with E-state index in [-0.39, 0.29) is 5.54 Å². The van der Waals surface area contributed by atoms with Gasteiger partial charge in [0.25, 0.3) is 0 Å². The number of hydrogen-bond acceptors (Lipinski definition) is 2. The maximum Gasteiger partial charge on any atom is 0.0166 e. The summed E-state index contributed by atoms with van der Waals surface area (Å²) in [5.74, 6) is 0.786. The van der Waals surface area contributed by atoms with Gasteiger partial charge >= 0.3 is 0 Å². The van der Waals surface area contributed by atoms with E-state index in [1.54, 1.807) is 0 Å². The second-order valence-corrected chi connectivity index (χ2v) is 6.63. The van der Waals surface area contributed by atoms with Crippen LogP contribution in [0.1, 0.15) is 65.7 Å². The van der Waals surface area contributed by atoms with Crippen LogP contribution < -0.4 is 5.73 Å². The van der Waals surface area contributed by atoms with Crippen LogP contribution in [0.15, 0.2) is 0 Å². The van der Waals surface area contributed by atoms with Crippen LogP contribution in [0, 0.1) is 5.92 Å². The third-order valence-corrected chi connectivity index (χ3v) is 4.38. The standard InChI is InChI=1S/C15H32N2/c1-13(2)12-14(3)17(4)11-10-15(16)8-6-5-7-9-15/h13-14H,5-12,16H2,1-4H3. The minimum Gasteiger partial charge on any atom is -0.325 e. The molecule has 2 nitrogen and oxygen atoms in total. The van der Waals surface area contributed by atoms with E-state index in [0.717, 1.165) is 12.5 Å². The summed E-state index contributed by atoms with van der Waals surface area (Å²) >= 11 is 0. The molecule has 1 aliphatic carbocycles. The van der Waals surface area contributed by atoms with Crippen LogP contribution in [-0.2, 0) is 0 Å². The molecule has 0 radical (unpaired) electrons. The summed E-state index contributed by atoms with van der Waals surface area (Å²) in [6.45, 7) is 8.10. The van der Waals surface area contributed by atoms with Crippen molar-refractivity contribution in [2.45, 2.75) is 77.3 Å². The Labute approximate surface area is 108 Å². The molecule has 2 heteroatoms. The Morgan fingerprint density at radius 2 is 1.71 bits per heavy atom. The molecule has 17 heavy (non-hydrogen) atoms. The zero-order valence-corrected chi connectivity index (χ0v) is 12.3.